The Balaban J connectivity index is 4.59. The van der Waals surface area contributed by atoms with Gasteiger partial charge in [0.25, 0.3) is 0 Å². The SMILES string of the molecule is CCOCCOCCO[Si](OCCOCCOCC)(OCCOCCOCC)C(N)CC. The highest BCUT2D eigenvalue weighted by atomic mass is 28.4. The van der Waals surface area contributed by atoms with Crippen molar-refractivity contribution in [2.45, 2.75) is 39.8 Å². The number of hydrogen-bond acceptors (Lipinski definition) is 10. The second-order valence-corrected chi connectivity index (χ2v) is 9.41. The van der Waals surface area contributed by atoms with Crippen LogP contribution >= 0.6 is 0 Å². The molecule has 2 N–H and O–H groups in total. The van der Waals surface area contributed by atoms with E-state index in [0.717, 1.165) is 0 Å². The normalized spacial score (nSPS) is 13.0. The van der Waals surface area contributed by atoms with Crippen molar-refractivity contribution in [3.05, 3.63) is 0 Å². The Labute approximate surface area is 195 Å². The van der Waals surface area contributed by atoms with E-state index in [9.17, 15) is 0 Å². The van der Waals surface area contributed by atoms with E-state index in [1.807, 2.05) is 27.7 Å². The Kier molecular flexibility index (Phi) is 23.8. The van der Waals surface area contributed by atoms with Crippen molar-refractivity contribution in [3.63, 3.8) is 0 Å². The first-order valence-electron chi connectivity index (χ1n) is 11.8. The molecule has 0 aliphatic heterocycles. The van der Waals surface area contributed by atoms with Gasteiger partial charge in [-0.25, -0.2) is 0 Å². The van der Waals surface area contributed by atoms with Crippen molar-refractivity contribution in [3.8, 4) is 0 Å². The average molecular weight is 486 g/mol. The van der Waals surface area contributed by atoms with E-state index in [0.29, 0.717) is 106 Å². The topological polar surface area (TPSA) is 109 Å². The van der Waals surface area contributed by atoms with Crippen molar-refractivity contribution < 1.29 is 41.7 Å². The lowest BCUT2D eigenvalue weighted by Crippen LogP contribution is -2.61. The summed E-state index contributed by atoms with van der Waals surface area (Å²) in [5.41, 5.74) is 6.03. The van der Waals surface area contributed by atoms with Gasteiger partial charge in [0.15, 0.2) is 0 Å². The van der Waals surface area contributed by atoms with Gasteiger partial charge in [0.2, 0.25) is 0 Å². The number of hydrogen-bond donors (Lipinski definition) is 1. The largest absolute Gasteiger partial charge is 0.518 e. The third-order valence-corrected chi connectivity index (χ3v) is 7.35. The molecule has 0 aliphatic carbocycles. The second-order valence-electron chi connectivity index (χ2n) is 6.59. The van der Waals surface area contributed by atoms with E-state index in [1.165, 1.54) is 0 Å². The van der Waals surface area contributed by atoms with Crippen LogP contribution in [0.15, 0.2) is 0 Å². The van der Waals surface area contributed by atoms with E-state index in [2.05, 4.69) is 0 Å². The van der Waals surface area contributed by atoms with Gasteiger partial charge in [-0.2, -0.15) is 0 Å². The highest BCUT2D eigenvalue weighted by Gasteiger charge is 2.47. The van der Waals surface area contributed by atoms with Crippen LogP contribution in [0.4, 0.5) is 0 Å². The number of rotatable bonds is 26. The highest BCUT2D eigenvalue weighted by Crippen LogP contribution is 2.16. The van der Waals surface area contributed by atoms with E-state index in [1.54, 1.807) is 0 Å². The minimum absolute atomic E-state index is 0.322. The molecule has 0 aliphatic rings. The predicted molar refractivity (Wildman–Crippen MR) is 124 cm³/mol. The first kappa shape index (κ1) is 31.8. The fraction of sp³-hybridized carbons (Fsp3) is 1.00. The molecule has 0 bridgehead atoms. The molecule has 0 fully saturated rings. The maximum Gasteiger partial charge on any atom is 0.518 e. The first-order chi connectivity index (χ1) is 15.7. The maximum atomic E-state index is 6.40. The molecule has 0 aromatic carbocycles. The molecule has 11 heteroatoms. The third kappa shape index (κ3) is 17.3. The summed E-state index contributed by atoms with van der Waals surface area (Å²) in [6.45, 7) is 15.2. The smallest absolute Gasteiger partial charge is 0.379 e. The van der Waals surface area contributed by atoms with Crippen LogP contribution in [0.25, 0.3) is 0 Å². The van der Waals surface area contributed by atoms with E-state index in [4.69, 9.17) is 47.4 Å². The molecule has 1 unspecified atom stereocenters. The molecule has 32 heavy (non-hydrogen) atoms. The lowest BCUT2D eigenvalue weighted by molar-refractivity contribution is -0.0186. The summed E-state index contributed by atoms with van der Waals surface area (Å²) < 4.78 is 50.8. The summed E-state index contributed by atoms with van der Waals surface area (Å²) >= 11 is 0. The summed E-state index contributed by atoms with van der Waals surface area (Å²) in [5, 5.41) is 0. The van der Waals surface area contributed by atoms with Gasteiger partial charge in [0, 0.05) is 19.8 Å². The monoisotopic (exact) mass is 485 g/mol. The molecular formula is C21H47NO9Si. The maximum absolute atomic E-state index is 6.40. The standard InChI is InChI=1S/C21H47NO9Si/c1-5-21(22)32(29-18-15-26-12-9-23-6-2,30-19-16-27-13-10-24-7-3)31-20-17-28-14-11-25-8-4/h21H,5-20,22H2,1-4H3. The molecule has 0 amide bonds. The van der Waals surface area contributed by atoms with Crippen LogP contribution in [0.5, 0.6) is 0 Å². The molecule has 0 rings (SSSR count). The summed E-state index contributed by atoms with van der Waals surface area (Å²) in [6.07, 6.45) is 0.661. The molecular weight excluding hydrogens is 438 g/mol. The molecule has 0 aromatic heterocycles. The Morgan fingerprint density at radius 1 is 0.469 bits per heavy atom. The van der Waals surface area contributed by atoms with Crippen molar-refractivity contribution in [2.75, 3.05) is 99.1 Å². The van der Waals surface area contributed by atoms with Crippen LogP contribution in [0.2, 0.25) is 0 Å². The van der Waals surface area contributed by atoms with Crippen LogP contribution < -0.4 is 5.73 Å². The lowest BCUT2D eigenvalue weighted by atomic mass is 10.5. The zero-order chi connectivity index (χ0) is 23.8. The van der Waals surface area contributed by atoms with Crippen LogP contribution in [-0.4, -0.2) is 114 Å². The zero-order valence-electron chi connectivity index (χ0n) is 20.6. The van der Waals surface area contributed by atoms with Crippen molar-refractivity contribution in [1.29, 1.82) is 0 Å². The molecule has 0 saturated carbocycles. The number of ether oxygens (including phenoxy) is 6. The molecule has 0 radical (unpaired) electrons. The zero-order valence-corrected chi connectivity index (χ0v) is 21.6. The Bertz CT molecular complexity index is 338. The van der Waals surface area contributed by atoms with Gasteiger partial charge in [-0.3, -0.25) is 0 Å². The van der Waals surface area contributed by atoms with Crippen LogP contribution in [0.1, 0.15) is 34.1 Å². The van der Waals surface area contributed by atoms with Gasteiger partial charge in [0.05, 0.1) is 84.9 Å². The van der Waals surface area contributed by atoms with Crippen molar-refractivity contribution >= 4 is 8.80 Å². The van der Waals surface area contributed by atoms with Crippen LogP contribution in [0.3, 0.4) is 0 Å². The molecule has 194 valence electrons. The van der Waals surface area contributed by atoms with E-state index < -0.39 is 8.80 Å². The number of nitrogens with two attached hydrogens (primary N) is 1. The second kappa shape index (κ2) is 24.0. The molecule has 1 atom stereocenters. The van der Waals surface area contributed by atoms with E-state index >= 15 is 0 Å². The Morgan fingerprint density at radius 3 is 1.03 bits per heavy atom. The quantitative estimate of drug-likeness (QED) is 0.143. The van der Waals surface area contributed by atoms with Gasteiger partial charge in [-0.05, 0) is 27.2 Å². The minimum Gasteiger partial charge on any atom is -0.379 e. The van der Waals surface area contributed by atoms with Crippen molar-refractivity contribution in [1.82, 2.24) is 0 Å². The summed E-state index contributed by atoms with van der Waals surface area (Å²) in [7, 11) is -3.18. The average Bonchev–Trinajstić information content (AvgIpc) is 2.81. The highest BCUT2D eigenvalue weighted by molar-refractivity contribution is 6.62. The summed E-state index contributed by atoms with van der Waals surface area (Å²) in [5.74, 6) is 0. The summed E-state index contributed by atoms with van der Waals surface area (Å²) in [4.78, 5) is 0. The van der Waals surface area contributed by atoms with Crippen LogP contribution in [0, 0.1) is 0 Å². The fourth-order valence-corrected chi connectivity index (χ4v) is 5.01. The van der Waals surface area contributed by atoms with Crippen LogP contribution in [-0.2, 0) is 41.7 Å². The van der Waals surface area contributed by atoms with Gasteiger partial charge in [-0.1, -0.05) is 6.92 Å². The predicted octanol–water partition coefficient (Wildman–Crippen LogP) is 1.41. The first-order valence-corrected chi connectivity index (χ1v) is 13.6. The van der Waals surface area contributed by atoms with Gasteiger partial charge in [0.1, 0.15) is 0 Å². The molecule has 10 nitrogen and oxygen atoms in total. The minimum atomic E-state index is -3.18. The van der Waals surface area contributed by atoms with E-state index in [-0.39, 0.29) is 5.67 Å². The Hall–Kier alpha value is -0.183. The summed E-state index contributed by atoms with van der Waals surface area (Å²) in [6, 6.07) is 0. The lowest BCUT2D eigenvalue weighted by Gasteiger charge is -2.33. The van der Waals surface area contributed by atoms with Gasteiger partial charge in [-0.15, -0.1) is 0 Å². The molecule has 0 heterocycles. The van der Waals surface area contributed by atoms with Crippen molar-refractivity contribution in [2.24, 2.45) is 5.73 Å². The fourth-order valence-electron chi connectivity index (χ4n) is 2.52. The molecule has 0 spiro atoms. The van der Waals surface area contributed by atoms with Gasteiger partial charge >= 0.3 is 8.80 Å². The molecule has 0 saturated heterocycles. The van der Waals surface area contributed by atoms with Gasteiger partial charge < -0.3 is 47.4 Å². The molecule has 0 aromatic rings. The third-order valence-electron chi connectivity index (χ3n) is 4.22. The Morgan fingerprint density at radius 2 is 0.750 bits per heavy atom.